The summed E-state index contributed by atoms with van der Waals surface area (Å²) in [6.45, 7) is 0.582. The maximum atomic E-state index is 10.5. The first-order valence-electron chi connectivity index (χ1n) is 2.75. The van der Waals surface area contributed by atoms with E-state index in [2.05, 4.69) is 5.32 Å². The Labute approximate surface area is 48.6 Å². The van der Waals surface area contributed by atoms with Crippen molar-refractivity contribution in [2.75, 3.05) is 6.54 Å². The van der Waals surface area contributed by atoms with E-state index in [1.807, 2.05) is 12.2 Å². The smallest absolute Gasteiger partial charge is 0.241 e. The minimum absolute atomic E-state index is 0.0370. The number of amides is 1. The average Bonchev–Trinajstić information content (AvgIpc) is 1.94. The van der Waals surface area contributed by atoms with Crippen LogP contribution in [0.25, 0.3) is 0 Å². The summed E-state index contributed by atoms with van der Waals surface area (Å²) in [6, 6.07) is 0. The van der Waals surface area contributed by atoms with Crippen molar-refractivity contribution in [2.45, 2.75) is 12.8 Å². The molecule has 1 radical (unpaired) electrons. The SMILES string of the molecule is O=C1CCC=CC[N]1. The first kappa shape index (κ1) is 5.35. The maximum Gasteiger partial charge on any atom is 0.241 e. The summed E-state index contributed by atoms with van der Waals surface area (Å²) in [7, 11) is 0. The normalized spacial score (nSPS) is 19.8. The third-order valence-corrected chi connectivity index (χ3v) is 1.06. The molecule has 0 aromatic carbocycles. The van der Waals surface area contributed by atoms with Crippen molar-refractivity contribution in [3.8, 4) is 0 Å². The van der Waals surface area contributed by atoms with Gasteiger partial charge >= 0.3 is 0 Å². The molecule has 1 aliphatic heterocycles. The Morgan fingerprint density at radius 2 is 2.38 bits per heavy atom. The topological polar surface area (TPSA) is 31.2 Å². The number of carbonyl (C=O) groups is 1. The molecule has 0 saturated carbocycles. The van der Waals surface area contributed by atoms with E-state index in [-0.39, 0.29) is 5.91 Å². The first-order valence-corrected chi connectivity index (χ1v) is 2.75. The van der Waals surface area contributed by atoms with Gasteiger partial charge in [-0.25, -0.2) is 5.32 Å². The summed E-state index contributed by atoms with van der Waals surface area (Å²) < 4.78 is 0. The number of hydrogen-bond acceptors (Lipinski definition) is 1. The summed E-state index contributed by atoms with van der Waals surface area (Å²) in [5.41, 5.74) is 0. The largest absolute Gasteiger partial charge is 0.273 e. The number of rotatable bonds is 0. The summed E-state index contributed by atoms with van der Waals surface area (Å²) in [5.74, 6) is 0.0370. The standard InChI is InChI=1S/C6H8NO/c8-6-4-2-1-3-5-7-6/h1,3H,2,4-5H2. The van der Waals surface area contributed by atoms with Crippen LogP contribution < -0.4 is 5.32 Å². The molecule has 0 fully saturated rings. The van der Waals surface area contributed by atoms with Gasteiger partial charge in [-0.1, -0.05) is 12.2 Å². The molecule has 8 heavy (non-hydrogen) atoms. The van der Waals surface area contributed by atoms with E-state index in [0.29, 0.717) is 13.0 Å². The molecule has 0 spiro atoms. The molecule has 0 bridgehead atoms. The summed E-state index contributed by atoms with van der Waals surface area (Å²) in [4.78, 5) is 10.5. The van der Waals surface area contributed by atoms with Gasteiger partial charge in [-0.3, -0.25) is 4.79 Å². The van der Waals surface area contributed by atoms with Gasteiger partial charge in [0.15, 0.2) is 0 Å². The van der Waals surface area contributed by atoms with Crippen molar-refractivity contribution in [3.05, 3.63) is 12.2 Å². The minimum atomic E-state index is 0.0370. The van der Waals surface area contributed by atoms with Crippen molar-refractivity contribution < 1.29 is 4.79 Å². The quantitative estimate of drug-likeness (QED) is 0.417. The van der Waals surface area contributed by atoms with E-state index in [9.17, 15) is 4.79 Å². The summed E-state index contributed by atoms with van der Waals surface area (Å²) >= 11 is 0. The lowest BCUT2D eigenvalue weighted by molar-refractivity contribution is -0.120. The molecule has 1 heterocycles. The Morgan fingerprint density at radius 3 is 3.25 bits per heavy atom. The van der Waals surface area contributed by atoms with Gasteiger partial charge in [-0.05, 0) is 6.42 Å². The Bertz CT molecular complexity index is 106. The molecular weight excluding hydrogens is 102 g/mol. The van der Waals surface area contributed by atoms with E-state index in [1.54, 1.807) is 0 Å². The van der Waals surface area contributed by atoms with Crippen LogP contribution in [-0.4, -0.2) is 12.5 Å². The van der Waals surface area contributed by atoms with E-state index < -0.39 is 0 Å². The molecule has 0 unspecified atom stereocenters. The number of hydrogen-bond donors (Lipinski definition) is 0. The second-order valence-corrected chi connectivity index (χ2v) is 1.74. The Hall–Kier alpha value is -0.790. The summed E-state index contributed by atoms with van der Waals surface area (Å²) in [5, 5.41) is 3.70. The van der Waals surface area contributed by atoms with Crippen LogP contribution >= 0.6 is 0 Å². The molecule has 2 nitrogen and oxygen atoms in total. The molecule has 1 rings (SSSR count). The van der Waals surface area contributed by atoms with Gasteiger partial charge < -0.3 is 0 Å². The zero-order valence-corrected chi connectivity index (χ0v) is 4.63. The maximum absolute atomic E-state index is 10.5. The van der Waals surface area contributed by atoms with Crippen LogP contribution in [0.5, 0.6) is 0 Å². The molecule has 0 atom stereocenters. The monoisotopic (exact) mass is 110 g/mol. The molecule has 43 valence electrons. The van der Waals surface area contributed by atoms with Crippen molar-refractivity contribution in [1.29, 1.82) is 0 Å². The Kier molecular flexibility index (Phi) is 1.67. The lowest BCUT2D eigenvalue weighted by atomic mass is 10.3. The predicted molar refractivity (Wildman–Crippen MR) is 30.4 cm³/mol. The molecule has 0 aromatic heterocycles. The molecular formula is C6H8NO. The van der Waals surface area contributed by atoms with E-state index in [1.165, 1.54) is 0 Å². The zero-order valence-electron chi connectivity index (χ0n) is 4.63. The van der Waals surface area contributed by atoms with Crippen LogP contribution in [0.1, 0.15) is 12.8 Å². The van der Waals surface area contributed by atoms with Crippen molar-refractivity contribution in [1.82, 2.24) is 5.32 Å². The molecule has 0 aromatic rings. The average molecular weight is 110 g/mol. The molecule has 0 N–H and O–H groups in total. The van der Waals surface area contributed by atoms with Crippen molar-refractivity contribution in [3.63, 3.8) is 0 Å². The van der Waals surface area contributed by atoms with Crippen LogP contribution in [0.3, 0.4) is 0 Å². The number of nitrogens with zero attached hydrogens (tertiary/aromatic N) is 1. The third kappa shape index (κ3) is 1.37. The van der Waals surface area contributed by atoms with Gasteiger partial charge in [0.05, 0.1) is 6.54 Å². The second-order valence-electron chi connectivity index (χ2n) is 1.74. The molecule has 0 saturated heterocycles. The molecule has 1 aliphatic rings. The van der Waals surface area contributed by atoms with Crippen LogP contribution in [0, 0.1) is 0 Å². The van der Waals surface area contributed by atoms with Gasteiger partial charge in [0, 0.05) is 6.42 Å². The van der Waals surface area contributed by atoms with Gasteiger partial charge in [0.25, 0.3) is 0 Å². The van der Waals surface area contributed by atoms with E-state index in [0.717, 1.165) is 6.42 Å². The van der Waals surface area contributed by atoms with Crippen LogP contribution in [-0.2, 0) is 4.79 Å². The van der Waals surface area contributed by atoms with Crippen molar-refractivity contribution >= 4 is 5.91 Å². The van der Waals surface area contributed by atoms with Gasteiger partial charge in [0.2, 0.25) is 5.91 Å². The predicted octanol–water partition coefficient (Wildman–Crippen LogP) is 0.467. The lowest BCUT2D eigenvalue weighted by Gasteiger charge is -1.89. The summed E-state index contributed by atoms with van der Waals surface area (Å²) in [6.07, 6.45) is 5.37. The van der Waals surface area contributed by atoms with Gasteiger partial charge in [-0.2, -0.15) is 0 Å². The molecule has 0 aliphatic carbocycles. The highest BCUT2D eigenvalue weighted by atomic mass is 16.1. The van der Waals surface area contributed by atoms with Crippen LogP contribution in [0.2, 0.25) is 0 Å². The van der Waals surface area contributed by atoms with Gasteiger partial charge in [-0.15, -0.1) is 0 Å². The highest BCUT2D eigenvalue weighted by Crippen LogP contribution is 1.94. The van der Waals surface area contributed by atoms with Crippen molar-refractivity contribution in [2.24, 2.45) is 0 Å². The highest BCUT2D eigenvalue weighted by Gasteiger charge is 2.00. The molecule has 2 heteroatoms. The fourth-order valence-corrected chi connectivity index (χ4v) is 0.633. The first-order chi connectivity index (χ1) is 3.89. The second kappa shape index (κ2) is 2.50. The Morgan fingerprint density at radius 1 is 1.50 bits per heavy atom. The Balaban J connectivity index is 2.39. The fourth-order valence-electron chi connectivity index (χ4n) is 0.633. The highest BCUT2D eigenvalue weighted by molar-refractivity contribution is 5.76. The fraction of sp³-hybridized carbons (Fsp3) is 0.500. The van der Waals surface area contributed by atoms with E-state index >= 15 is 0 Å². The number of allylic oxidation sites excluding steroid dienone is 1. The molecule has 1 amide bonds. The lowest BCUT2D eigenvalue weighted by Crippen LogP contribution is -2.12. The number of carbonyl (C=O) groups excluding carboxylic acids is 1. The van der Waals surface area contributed by atoms with Crippen LogP contribution in [0.4, 0.5) is 0 Å². The third-order valence-electron chi connectivity index (χ3n) is 1.06. The minimum Gasteiger partial charge on any atom is -0.273 e. The van der Waals surface area contributed by atoms with Gasteiger partial charge in [0.1, 0.15) is 0 Å². The van der Waals surface area contributed by atoms with E-state index in [4.69, 9.17) is 0 Å². The zero-order chi connectivity index (χ0) is 5.82. The van der Waals surface area contributed by atoms with Crippen LogP contribution in [0.15, 0.2) is 12.2 Å².